The quantitative estimate of drug-likeness (QED) is 0.794. The molecule has 0 aliphatic carbocycles. The third-order valence-corrected chi connectivity index (χ3v) is 2.82. The number of nitrogens with one attached hydrogen (secondary N) is 1. The Kier molecular flexibility index (Phi) is 3.99. The summed E-state index contributed by atoms with van der Waals surface area (Å²) in [5, 5.41) is 11.7. The summed E-state index contributed by atoms with van der Waals surface area (Å²) >= 11 is 0. The molecule has 6 nitrogen and oxygen atoms in total. The van der Waals surface area contributed by atoms with Crippen molar-refractivity contribution >= 4 is 23.5 Å². The van der Waals surface area contributed by atoms with Crippen LogP contribution in [0.25, 0.3) is 0 Å². The number of benzene rings is 2. The molecule has 0 radical (unpaired) electrons. The van der Waals surface area contributed by atoms with Crippen molar-refractivity contribution in [2.24, 2.45) is 5.73 Å². The van der Waals surface area contributed by atoms with Gasteiger partial charge in [0.25, 0.3) is 5.91 Å². The maximum atomic E-state index is 12.3. The summed E-state index contributed by atoms with van der Waals surface area (Å²) in [5.41, 5.74) is 5.02. The Balaban J connectivity index is 2.48. The Morgan fingerprint density at radius 1 is 0.905 bits per heavy atom. The van der Waals surface area contributed by atoms with Crippen LogP contribution in [0, 0.1) is 0 Å². The monoisotopic (exact) mass is 284 g/mol. The lowest BCUT2D eigenvalue weighted by Crippen LogP contribution is -2.23. The van der Waals surface area contributed by atoms with Gasteiger partial charge in [0, 0.05) is 5.69 Å². The number of carboxylic acid groups (broad SMARTS) is 1. The molecule has 0 saturated heterocycles. The second-order valence-electron chi connectivity index (χ2n) is 4.22. The second kappa shape index (κ2) is 5.87. The fraction of sp³-hybridized carbons (Fsp3) is 0. The van der Waals surface area contributed by atoms with Gasteiger partial charge in [-0.15, -0.1) is 0 Å². The minimum Gasteiger partial charge on any atom is -0.478 e. The van der Waals surface area contributed by atoms with E-state index in [0.29, 0.717) is 5.69 Å². The van der Waals surface area contributed by atoms with Gasteiger partial charge in [0.15, 0.2) is 0 Å². The number of aromatic carboxylic acids is 1. The van der Waals surface area contributed by atoms with E-state index in [1.165, 1.54) is 18.2 Å². The third kappa shape index (κ3) is 3.06. The van der Waals surface area contributed by atoms with E-state index >= 15 is 0 Å². The molecule has 0 aromatic heterocycles. The molecule has 0 saturated carbocycles. The lowest BCUT2D eigenvalue weighted by atomic mass is 9.99. The molecule has 0 fully saturated rings. The highest BCUT2D eigenvalue weighted by Gasteiger charge is 2.22. The van der Waals surface area contributed by atoms with E-state index in [9.17, 15) is 14.4 Å². The van der Waals surface area contributed by atoms with Gasteiger partial charge in [-0.3, -0.25) is 9.59 Å². The van der Waals surface area contributed by atoms with E-state index in [2.05, 4.69) is 5.32 Å². The Bertz CT molecular complexity index is 679. The van der Waals surface area contributed by atoms with E-state index in [4.69, 9.17) is 10.8 Å². The van der Waals surface area contributed by atoms with Crippen LogP contribution >= 0.6 is 0 Å². The zero-order valence-electron chi connectivity index (χ0n) is 10.9. The standard InChI is InChI=1S/C15H12N2O4/c16-13(18)10-7-4-8-11(15(20)21)12(10)14(19)17-9-5-2-1-3-6-9/h1-8H,(H2,16,18)(H,17,19)(H,20,21). The van der Waals surface area contributed by atoms with Gasteiger partial charge < -0.3 is 16.2 Å². The molecule has 2 rings (SSSR count). The number of anilines is 1. The van der Waals surface area contributed by atoms with E-state index in [0.717, 1.165) is 0 Å². The number of rotatable bonds is 4. The maximum Gasteiger partial charge on any atom is 0.336 e. The molecule has 0 aliphatic rings. The zero-order valence-corrected chi connectivity index (χ0v) is 10.9. The Morgan fingerprint density at radius 3 is 2.10 bits per heavy atom. The number of carbonyl (C=O) groups is 3. The molecule has 0 spiro atoms. The van der Waals surface area contributed by atoms with E-state index < -0.39 is 17.8 Å². The third-order valence-electron chi connectivity index (χ3n) is 2.82. The van der Waals surface area contributed by atoms with Crippen molar-refractivity contribution in [1.82, 2.24) is 0 Å². The van der Waals surface area contributed by atoms with Crippen LogP contribution in [0.1, 0.15) is 31.1 Å². The van der Waals surface area contributed by atoms with Crippen molar-refractivity contribution in [3.8, 4) is 0 Å². The number of hydrogen-bond acceptors (Lipinski definition) is 3. The zero-order chi connectivity index (χ0) is 15.4. The van der Waals surface area contributed by atoms with Crippen molar-refractivity contribution in [3.63, 3.8) is 0 Å². The Hall–Kier alpha value is -3.15. The summed E-state index contributed by atoms with van der Waals surface area (Å²) in [7, 11) is 0. The number of carboxylic acids is 1. The Morgan fingerprint density at radius 2 is 1.52 bits per heavy atom. The molecule has 0 aliphatic heterocycles. The van der Waals surface area contributed by atoms with Gasteiger partial charge in [-0.2, -0.15) is 0 Å². The van der Waals surface area contributed by atoms with Gasteiger partial charge in [-0.25, -0.2) is 4.79 Å². The second-order valence-corrected chi connectivity index (χ2v) is 4.22. The summed E-state index contributed by atoms with van der Waals surface area (Å²) in [5.74, 6) is -2.87. The highest BCUT2D eigenvalue weighted by atomic mass is 16.4. The molecule has 4 N–H and O–H groups in total. The van der Waals surface area contributed by atoms with Gasteiger partial charge in [-0.1, -0.05) is 24.3 Å². The molecule has 0 atom stereocenters. The highest BCUT2D eigenvalue weighted by molar-refractivity contribution is 6.16. The highest BCUT2D eigenvalue weighted by Crippen LogP contribution is 2.17. The van der Waals surface area contributed by atoms with E-state index in [1.807, 2.05) is 0 Å². The van der Waals surface area contributed by atoms with Crippen molar-refractivity contribution in [2.75, 3.05) is 5.32 Å². The first-order valence-electron chi connectivity index (χ1n) is 6.03. The molecule has 0 unspecified atom stereocenters. The first-order valence-corrected chi connectivity index (χ1v) is 6.03. The predicted octanol–water partition coefficient (Wildman–Crippen LogP) is 1.74. The van der Waals surface area contributed by atoms with Crippen LogP contribution < -0.4 is 11.1 Å². The normalized spacial score (nSPS) is 9.90. The minimum atomic E-state index is -1.31. The van der Waals surface area contributed by atoms with E-state index in [-0.39, 0.29) is 16.7 Å². The van der Waals surface area contributed by atoms with Gasteiger partial charge >= 0.3 is 5.97 Å². The van der Waals surface area contributed by atoms with Crippen LogP contribution in [0.3, 0.4) is 0 Å². The van der Waals surface area contributed by atoms with Crippen molar-refractivity contribution in [1.29, 1.82) is 0 Å². The molecule has 6 heteroatoms. The first kappa shape index (κ1) is 14.3. The van der Waals surface area contributed by atoms with Crippen LogP contribution in [0.15, 0.2) is 48.5 Å². The lowest BCUT2D eigenvalue weighted by Gasteiger charge is -2.11. The van der Waals surface area contributed by atoms with E-state index in [1.54, 1.807) is 30.3 Å². The summed E-state index contributed by atoms with van der Waals surface area (Å²) in [4.78, 5) is 34.9. The molecular formula is C15H12N2O4. The van der Waals surface area contributed by atoms with Crippen molar-refractivity contribution in [3.05, 3.63) is 65.2 Å². The largest absolute Gasteiger partial charge is 0.478 e. The predicted molar refractivity (Wildman–Crippen MR) is 76.3 cm³/mol. The number of hydrogen-bond donors (Lipinski definition) is 3. The van der Waals surface area contributed by atoms with Crippen LogP contribution in [-0.2, 0) is 0 Å². The summed E-state index contributed by atoms with van der Waals surface area (Å²) in [6, 6.07) is 12.4. The van der Waals surface area contributed by atoms with Crippen LogP contribution in [0.2, 0.25) is 0 Å². The molecule has 0 bridgehead atoms. The van der Waals surface area contributed by atoms with Gasteiger partial charge in [-0.05, 0) is 24.3 Å². The average molecular weight is 284 g/mol. The van der Waals surface area contributed by atoms with Gasteiger partial charge in [0.05, 0.1) is 16.7 Å². The fourth-order valence-electron chi connectivity index (χ4n) is 1.90. The van der Waals surface area contributed by atoms with Crippen molar-refractivity contribution < 1.29 is 19.5 Å². The molecule has 0 heterocycles. The molecule has 2 aromatic rings. The van der Waals surface area contributed by atoms with Gasteiger partial charge in [0.1, 0.15) is 0 Å². The molecule has 21 heavy (non-hydrogen) atoms. The fourth-order valence-corrected chi connectivity index (χ4v) is 1.90. The topological polar surface area (TPSA) is 109 Å². The molecular weight excluding hydrogens is 272 g/mol. The number of nitrogens with two attached hydrogens (primary N) is 1. The number of amides is 2. The summed E-state index contributed by atoms with van der Waals surface area (Å²) in [6.07, 6.45) is 0. The van der Waals surface area contributed by atoms with Crippen molar-refractivity contribution in [2.45, 2.75) is 0 Å². The van der Waals surface area contributed by atoms with Crippen LogP contribution in [-0.4, -0.2) is 22.9 Å². The molecule has 2 amide bonds. The average Bonchev–Trinajstić information content (AvgIpc) is 2.47. The maximum absolute atomic E-state index is 12.3. The Labute approximate surface area is 120 Å². The number of carbonyl (C=O) groups excluding carboxylic acids is 2. The molecule has 2 aromatic carbocycles. The summed E-state index contributed by atoms with van der Waals surface area (Å²) < 4.78 is 0. The first-order chi connectivity index (χ1) is 10.0. The van der Waals surface area contributed by atoms with Gasteiger partial charge in [0.2, 0.25) is 5.91 Å². The smallest absolute Gasteiger partial charge is 0.336 e. The minimum absolute atomic E-state index is 0.136. The molecule has 106 valence electrons. The summed E-state index contributed by atoms with van der Waals surface area (Å²) in [6.45, 7) is 0. The number of para-hydroxylation sites is 1. The van der Waals surface area contributed by atoms with Crippen LogP contribution in [0.4, 0.5) is 5.69 Å². The SMILES string of the molecule is NC(=O)c1cccc(C(=O)O)c1C(=O)Nc1ccccc1. The number of primary amides is 1. The lowest BCUT2D eigenvalue weighted by molar-refractivity contribution is 0.0692. The van der Waals surface area contributed by atoms with Crippen LogP contribution in [0.5, 0.6) is 0 Å².